The molecule has 1 aliphatic heterocycles. The van der Waals surface area contributed by atoms with Crippen LogP contribution in [0.25, 0.3) is 0 Å². The van der Waals surface area contributed by atoms with Crippen molar-refractivity contribution >= 4 is 17.9 Å². The van der Waals surface area contributed by atoms with Crippen LogP contribution in [0, 0.1) is 22.7 Å². The molecule has 4 aliphatic carbocycles. The highest BCUT2D eigenvalue weighted by Crippen LogP contribution is 2.71. The van der Waals surface area contributed by atoms with Crippen LogP contribution >= 0.6 is 0 Å². The van der Waals surface area contributed by atoms with Gasteiger partial charge in [-0.05, 0) is 93.1 Å². The number of hydrogen-bond donors (Lipinski definition) is 0. The SMILES string of the molecule is COCO[C@]12CC[C@H](c3ccc(=O)oc3)[C@@]1(C)CC[C@H]1[C@H]2CCC2=C[C@@H](O[C@@H]3O[C@@H](C)[C@H](OC(C)=O)[C@@H](OC(C)=O)[C@H]3OC(C)=O)CC[C@@]21C. The van der Waals surface area contributed by atoms with Crippen molar-refractivity contribution in [2.75, 3.05) is 13.9 Å². The third kappa shape index (κ3) is 6.45. The molecule has 3 saturated carbocycles. The van der Waals surface area contributed by atoms with E-state index in [4.69, 9.17) is 37.6 Å². The minimum Gasteiger partial charge on any atom is -0.456 e. The lowest BCUT2D eigenvalue weighted by Crippen LogP contribution is -2.62. The molecule has 2 heterocycles. The third-order valence-electron chi connectivity index (χ3n) is 12.7. The molecule has 50 heavy (non-hydrogen) atoms. The lowest BCUT2D eigenvalue weighted by molar-refractivity contribution is -0.308. The Balaban J connectivity index is 1.25. The smallest absolute Gasteiger partial charge is 0.335 e. The number of carbonyl (C=O) groups excluding carboxylic acids is 3. The van der Waals surface area contributed by atoms with Gasteiger partial charge >= 0.3 is 23.5 Å². The van der Waals surface area contributed by atoms with Gasteiger partial charge in [0.05, 0.1) is 24.1 Å². The van der Waals surface area contributed by atoms with Gasteiger partial charge in [-0.15, -0.1) is 0 Å². The van der Waals surface area contributed by atoms with E-state index in [2.05, 4.69) is 19.9 Å². The Labute approximate surface area is 293 Å². The molecule has 5 aliphatic rings. The van der Waals surface area contributed by atoms with Gasteiger partial charge in [0, 0.05) is 39.4 Å². The van der Waals surface area contributed by atoms with Crippen LogP contribution in [-0.4, -0.2) is 74.2 Å². The summed E-state index contributed by atoms with van der Waals surface area (Å²) in [5.41, 5.74) is 1.44. The van der Waals surface area contributed by atoms with Gasteiger partial charge in [-0.1, -0.05) is 25.5 Å². The van der Waals surface area contributed by atoms with Gasteiger partial charge in [0.15, 0.2) is 24.6 Å². The lowest BCUT2D eigenvalue weighted by atomic mass is 9.45. The van der Waals surface area contributed by atoms with E-state index in [0.29, 0.717) is 18.3 Å². The molecular weight excluding hydrogens is 648 g/mol. The fraction of sp³-hybridized carbons (Fsp3) is 0.737. The highest BCUT2D eigenvalue weighted by Gasteiger charge is 2.68. The number of rotatable bonds is 9. The highest BCUT2D eigenvalue weighted by atomic mass is 16.7. The minimum atomic E-state index is -1.14. The van der Waals surface area contributed by atoms with Gasteiger partial charge in [0.25, 0.3) is 0 Å². The summed E-state index contributed by atoms with van der Waals surface area (Å²) in [5, 5.41) is 0. The molecule has 0 unspecified atom stereocenters. The molecule has 6 rings (SSSR count). The van der Waals surface area contributed by atoms with Crippen LogP contribution in [-0.2, 0) is 47.5 Å². The van der Waals surface area contributed by atoms with Crippen molar-refractivity contribution in [3.8, 4) is 0 Å². The monoisotopic (exact) mass is 700 g/mol. The molecule has 12 heteroatoms. The lowest BCUT2D eigenvalue weighted by Gasteiger charge is -2.63. The van der Waals surface area contributed by atoms with Gasteiger partial charge in [0.1, 0.15) is 6.79 Å². The second-order valence-corrected chi connectivity index (χ2v) is 15.4. The molecule has 1 aromatic heterocycles. The number of ether oxygens (including phenoxy) is 7. The third-order valence-corrected chi connectivity index (χ3v) is 12.7. The fourth-order valence-corrected chi connectivity index (χ4v) is 10.6. The van der Waals surface area contributed by atoms with Gasteiger partial charge in [-0.25, -0.2) is 4.79 Å². The molecule has 12 nitrogen and oxygen atoms in total. The maximum Gasteiger partial charge on any atom is 0.335 e. The molecule has 1 saturated heterocycles. The Morgan fingerprint density at radius 3 is 2.22 bits per heavy atom. The number of esters is 3. The fourth-order valence-electron chi connectivity index (χ4n) is 10.6. The Hall–Kier alpha value is -3.06. The Morgan fingerprint density at radius 2 is 1.56 bits per heavy atom. The van der Waals surface area contributed by atoms with Gasteiger partial charge in [-0.3, -0.25) is 14.4 Å². The molecule has 1 aromatic rings. The van der Waals surface area contributed by atoms with E-state index in [1.165, 1.54) is 32.4 Å². The summed E-state index contributed by atoms with van der Waals surface area (Å²) >= 11 is 0. The first-order valence-corrected chi connectivity index (χ1v) is 18.0. The molecule has 276 valence electrons. The molecule has 0 amide bonds. The molecule has 0 aromatic carbocycles. The second-order valence-electron chi connectivity index (χ2n) is 15.4. The van der Waals surface area contributed by atoms with E-state index >= 15 is 0 Å². The van der Waals surface area contributed by atoms with Crippen molar-refractivity contribution in [2.45, 2.75) is 141 Å². The van der Waals surface area contributed by atoms with Gasteiger partial charge < -0.3 is 37.6 Å². The predicted octanol–water partition coefficient (Wildman–Crippen LogP) is 5.35. The zero-order chi connectivity index (χ0) is 36.0. The van der Waals surface area contributed by atoms with E-state index in [0.717, 1.165) is 50.5 Å². The zero-order valence-electron chi connectivity index (χ0n) is 30.3. The van der Waals surface area contributed by atoms with Gasteiger partial charge in [-0.2, -0.15) is 0 Å². The maximum atomic E-state index is 12.2. The van der Waals surface area contributed by atoms with Crippen molar-refractivity contribution in [3.63, 3.8) is 0 Å². The summed E-state index contributed by atoms with van der Waals surface area (Å²) in [6.45, 7) is 10.4. The topological polar surface area (TPSA) is 146 Å². The largest absolute Gasteiger partial charge is 0.456 e. The Kier molecular flexibility index (Phi) is 10.4. The van der Waals surface area contributed by atoms with Crippen LogP contribution in [0.15, 0.2) is 39.3 Å². The summed E-state index contributed by atoms with van der Waals surface area (Å²) in [4.78, 5) is 48.1. The average Bonchev–Trinajstić information content (AvgIpc) is 3.36. The van der Waals surface area contributed by atoms with Crippen LogP contribution in [0.2, 0.25) is 0 Å². The minimum absolute atomic E-state index is 0.0676. The molecule has 0 spiro atoms. The number of carbonyl (C=O) groups is 3. The Morgan fingerprint density at radius 1 is 0.860 bits per heavy atom. The number of hydrogen-bond acceptors (Lipinski definition) is 12. The Bertz CT molecular complexity index is 1510. The van der Waals surface area contributed by atoms with Crippen molar-refractivity contribution < 1.29 is 52.0 Å². The number of fused-ring (bicyclic) bond motifs is 5. The summed E-state index contributed by atoms with van der Waals surface area (Å²) in [6.07, 6.45) is 5.88. The molecule has 0 N–H and O–H groups in total. The first-order chi connectivity index (χ1) is 23.7. The van der Waals surface area contributed by atoms with Crippen LogP contribution < -0.4 is 5.63 Å². The summed E-state index contributed by atoms with van der Waals surface area (Å²) in [7, 11) is 1.67. The first kappa shape index (κ1) is 36.7. The van der Waals surface area contributed by atoms with E-state index in [1.54, 1.807) is 20.3 Å². The molecule has 0 radical (unpaired) electrons. The van der Waals surface area contributed by atoms with E-state index in [-0.39, 0.29) is 40.9 Å². The summed E-state index contributed by atoms with van der Waals surface area (Å²) in [6, 6.07) is 3.43. The van der Waals surface area contributed by atoms with Crippen LogP contribution in [0.1, 0.15) is 104 Å². The standard InChI is InChI=1S/C38H52O12/c1-21-32(47-22(2)39)33(48-23(3)40)34(49-24(4)41)35(46-21)50-27-12-15-36(5)26(18-27)9-10-30-29(36)13-16-37(6)28(25-8-11-31(42)44-19-25)14-17-38(30,37)45-20-43-7/h8,11,18-19,21,27-30,32-35H,9-10,12-17,20H2,1-7H3/t21-,27-,28+,29-,30+,32-,33+,34+,35-,36-,37+,38-/m0/s1. The van der Waals surface area contributed by atoms with Gasteiger partial charge in [0.2, 0.25) is 0 Å². The van der Waals surface area contributed by atoms with Crippen LogP contribution in [0.5, 0.6) is 0 Å². The van der Waals surface area contributed by atoms with Crippen LogP contribution in [0.4, 0.5) is 0 Å². The highest BCUT2D eigenvalue weighted by molar-refractivity contribution is 5.68. The predicted molar refractivity (Wildman–Crippen MR) is 177 cm³/mol. The number of allylic oxidation sites excluding steroid dienone is 1. The molecular formula is C38H52O12. The van der Waals surface area contributed by atoms with Crippen molar-refractivity contribution in [1.29, 1.82) is 0 Å². The molecule has 12 atom stereocenters. The summed E-state index contributed by atoms with van der Waals surface area (Å²) in [5.74, 6) is -0.876. The zero-order valence-corrected chi connectivity index (χ0v) is 30.3. The quantitative estimate of drug-likeness (QED) is 0.142. The molecule has 0 bridgehead atoms. The average molecular weight is 701 g/mol. The van der Waals surface area contributed by atoms with Crippen molar-refractivity contribution in [3.05, 3.63) is 46.0 Å². The van der Waals surface area contributed by atoms with E-state index in [9.17, 15) is 19.2 Å². The maximum absolute atomic E-state index is 12.2. The van der Waals surface area contributed by atoms with E-state index in [1.807, 2.05) is 6.07 Å². The van der Waals surface area contributed by atoms with Crippen molar-refractivity contribution in [2.24, 2.45) is 22.7 Å². The van der Waals surface area contributed by atoms with Crippen molar-refractivity contribution in [1.82, 2.24) is 0 Å². The number of methoxy groups -OCH3 is 1. The first-order valence-electron chi connectivity index (χ1n) is 18.0. The second kappa shape index (κ2) is 14.2. The molecule has 4 fully saturated rings. The van der Waals surface area contributed by atoms with E-state index < -0.39 is 48.6 Å². The normalized spacial score (nSPS) is 40.8. The summed E-state index contributed by atoms with van der Waals surface area (Å²) < 4.78 is 47.2. The van der Waals surface area contributed by atoms with Crippen LogP contribution in [0.3, 0.4) is 0 Å².